The minimum atomic E-state index is -4.46. The van der Waals surface area contributed by atoms with Crippen LogP contribution >= 0.6 is 11.8 Å². The fourth-order valence-corrected chi connectivity index (χ4v) is 4.10. The number of nitrogens with zero attached hydrogens (tertiary/aromatic N) is 3. The molecule has 1 amide bonds. The molecular weight excluding hydrogens is 403 g/mol. The molecule has 1 aliphatic rings. The third-order valence-corrected chi connectivity index (χ3v) is 5.62. The van der Waals surface area contributed by atoms with Crippen molar-refractivity contribution < 1.29 is 22.7 Å². The van der Waals surface area contributed by atoms with Crippen LogP contribution in [0.1, 0.15) is 36.7 Å². The van der Waals surface area contributed by atoms with Crippen LogP contribution in [0.15, 0.2) is 47.6 Å². The average molecular weight is 423 g/mol. The molecule has 0 radical (unpaired) electrons. The maximum absolute atomic E-state index is 13.3. The van der Waals surface area contributed by atoms with Gasteiger partial charge < -0.3 is 4.74 Å². The molecular formula is C20H20F3N3O2S. The van der Waals surface area contributed by atoms with Gasteiger partial charge in [-0.2, -0.15) is 13.2 Å². The van der Waals surface area contributed by atoms with E-state index in [4.69, 9.17) is 4.74 Å². The zero-order valence-electron chi connectivity index (χ0n) is 16.2. The van der Waals surface area contributed by atoms with Gasteiger partial charge in [-0.25, -0.2) is 9.98 Å². The molecule has 0 atom stereocenters. The monoisotopic (exact) mass is 423 g/mol. The standard InChI is InChI=1S/C20H20F3N3O2S/c1-4-28-16-15(9-6-10-24-16)17(27)26-18(29-12-19(26,2)3)25-14-8-5-7-13(11-14)20(21,22)23/h5-11H,4,12H2,1-3H3. The Morgan fingerprint density at radius 1 is 1.31 bits per heavy atom. The van der Waals surface area contributed by atoms with Gasteiger partial charge in [0.2, 0.25) is 5.88 Å². The summed E-state index contributed by atoms with van der Waals surface area (Å²) in [4.78, 5) is 23.3. The molecule has 5 nitrogen and oxygen atoms in total. The predicted octanol–water partition coefficient (Wildman–Crippen LogP) is 5.15. The van der Waals surface area contributed by atoms with E-state index in [2.05, 4.69) is 9.98 Å². The first-order valence-electron chi connectivity index (χ1n) is 8.94. The van der Waals surface area contributed by atoms with Crippen molar-refractivity contribution in [2.75, 3.05) is 12.4 Å². The van der Waals surface area contributed by atoms with Crippen molar-refractivity contribution in [1.29, 1.82) is 0 Å². The van der Waals surface area contributed by atoms with E-state index in [1.807, 2.05) is 13.8 Å². The van der Waals surface area contributed by atoms with Crippen LogP contribution in [0.25, 0.3) is 0 Å². The Bertz CT molecular complexity index is 945. The minimum absolute atomic E-state index is 0.133. The fraction of sp³-hybridized carbons (Fsp3) is 0.350. The number of ether oxygens (including phenoxy) is 1. The van der Waals surface area contributed by atoms with Gasteiger partial charge in [0.25, 0.3) is 5.91 Å². The van der Waals surface area contributed by atoms with Gasteiger partial charge >= 0.3 is 6.18 Å². The summed E-state index contributed by atoms with van der Waals surface area (Å²) in [5.74, 6) is 0.411. The highest BCUT2D eigenvalue weighted by Gasteiger charge is 2.42. The first-order chi connectivity index (χ1) is 13.6. The van der Waals surface area contributed by atoms with Gasteiger partial charge in [-0.05, 0) is 51.1 Å². The van der Waals surface area contributed by atoms with E-state index in [1.165, 1.54) is 35.0 Å². The summed E-state index contributed by atoms with van der Waals surface area (Å²) in [6.07, 6.45) is -2.93. The highest BCUT2D eigenvalue weighted by Crippen LogP contribution is 2.37. The number of amidine groups is 1. The van der Waals surface area contributed by atoms with Crippen LogP contribution in [-0.2, 0) is 6.18 Å². The Hall–Kier alpha value is -2.55. The Morgan fingerprint density at radius 2 is 2.07 bits per heavy atom. The van der Waals surface area contributed by atoms with E-state index in [0.29, 0.717) is 17.5 Å². The molecule has 154 valence electrons. The van der Waals surface area contributed by atoms with Crippen molar-refractivity contribution >= 4 is 28.5 Å². The number of thioether (sulfide) groups is 1. The summed E-state index contributed by atoms with van der Waals surface area (Å²) in [7, 11) is 0. The molecule has 0 unspecified atom stereocenters. The molecule has 1 aromatic heterocycles. The molecule has 1 aromatic carbocycles. The second-order valence-electron chi connectivity index (χ2n) is 6.97. The summed E-state index contributed by atoms with van der Waals surface area (Å²) < 4.78 is 44.5. The molecule has 29 heavy (non-hydrogen) atoms. The Balaban J connectivity index is 2.01. The number of amides is 1. The average Bonchev–Trinajstić information content (AvgIpc) is 2.95. The third-order valence-electron chi connectivity index (χ3n) is 4.24. The van der Waals surface area contributed by atoms with Gasteiger partial charge in [0.05, 0.1) is 23.4 Å². The van der Waals surface area contributed by atoms with Gasteiger partial charge in [-0.15, -0.1) is 0 Å². The zero-order valence-corrected chi connectivity index (χ0v) is 17.0. The van der Waals surface area contributed by atoms with Crippen molar-refractivity contribution in [2.45, 2.75) is 32.5 Å². The van der Waals surface area contributed by atoms with Crippen molar-refractivity contribution in [3.8, 4) is 5.88 Å². The number of benzene rings is 1. The van der Waals surface area contributed by atoms with Crippen LogP contribution in [0.2, 0.25) is 0 Å². The van der Waals surface area contributed by atoms with E-state index in [9.17, 15) is 18.0 Å². The second kappa shape index (κ2) is 8.06. The molecule has 0 spiro atoms. The lowest BCUT2D eigenvalue weighted by Gasteiger charge is -2.30. The zero-order chi connectivity index (χ0) is 21.2. The van der Waals surface area contributed by atoms with Crippen LogP contribution in [0, 0.1) is 0 Å². The number of aliphatic imine (C=N–C) groups is 1. The summed E-state index contributed by atoms with van der Waals surface area (Å²) >= 11 is 1.32. The fourth-order valence-electron chi connectivity index (χ4n) is 2.86. The topological polar surface area (TPSA) is 54.8 Å². The van der Waals surface area contributed by atoms with Crippen molar-refractivity contribution in [1.82, 2.24) is 9.88 Å². The first-order valence-corrected chi connectivity index (χ1v) is 9.93. The van der Waals surface area contributed by atoms with Crippen LogP contribution in [-0.4, -0.2) is 38.9 Å². The number of rotatable bonds is 4. The van der Waals surface area contributed by atoms with Crippen LogP contribution in [0.5, 0.6) is 5.88 Å². The Kier molecular flexibility index (Phi) is 5.88. The maximum atomic E-state index is 13.3. The van der Waals surface area contributed by atoms with E-state index in [-0.39, 0.29) is 23.0 Å². The molecule has 9 heteroatoms. The molecule has 0 bridgehead atoms. The summed E-state index contributed by atoms with van der Waals surface area (Å²) in [6, 6.07) is 7.98. The molecule has 3 rings (SSSR count). The normalized spacial score (nSPS) is 17.6. The van der Waals surface area contributed by atoms with Gasteiger partial charge in [-0.3, -0.25) is 9.69 Å². The maximum Gasteiger partial charge on any atom is 0.416 e. The number of alkyl halides is 3. The Morgan fingerprint density at radius 3 is 2.76 bits per heavy atom. The van der Waals surface area contributed by atoms with Crippen LogP contribution in [0.4, 0.5) is 18.9 Å². The lowest BCUT2D eigenvalue weighted by atomic mass is 10.1. The second-order valence-corrected chi connectivity index (χ2v) is 7.92. The molecule has 0 N–H and O–H groups in total. The van der Waals surface area contributed by atoms with E-state index in [0.717, 1.165) is 12.1 Å². The predicted molar refractivity (Wildman–Crippen MR) is 107 cm³/mol. The van der Waals surface area contributed by atoms with Gasteiger partial charge in [0.1, 0.15) is 5.56 Å². The highest BCUT2D eigenvalue weighted by molar-refractivity contribution is 8.14. The van der Waals surface area contributed by atoms with Gasteiger partial charge in [-0.1, -0.05) is 17.8 Å². The molecule has 2 aromatic rings. The number of carbonyl (C=O) groups excluding carboxylic acids is 1. The van der Waals surface area contributed by atoms with Crippen molar-refractivity contribution in [3.63, 3.8) is 0 Å². The number of hydrogen-bond donors (Lipinski definition) is 0. The smallest absolute Gasteiger partial charge is 0.416 e. The van der Waals surface area contributed by atoms with Gasteiger partial charge in [0, 0.05) is 11.9 Å². The third kappa shape index (κ3) is 4.55. The number of aromatic nitrogens is 1. The van der Waals surface area contributed by atoms with E-state index < -0.39 is 17.3 Å². The largest absolute Gasteiger partial charge is 0.477 e. The van der Waals surface area contributed by atoms with Crippen molar-refractivity contribution in [3.05, 3.63) is 53.7 Å². The van der Waals surface area contributed by atoms with Crippen LogP contribution in [0.3, 0.4) is 0 Å². The quantitative estimate of drug-likeness (QED) is 0.682. The number of halogens is 3. The van der Waals surface area contributed by atoms with Crippen molar-refractivity contribution in [2.24, 2.45) is 4.99 Å². The minimum Gasteiger partial charge on any atom is -0.477 e. The SMILES string of the molecule is CCOc1ncccc1C(=O)N1C(=Nc2cccc(C(F)(F)F)c2)SCC1(C)C. The van der Waals surface area contributed by atoms with E-state index >= 15 is 0 Å². The molecule has 2 heterocycles. The number of carbonyl (C=O) groups is 1. The molecule has 1 fully saturated rings. The van der Waals surface area contributed by atoms with Gasteiger partial charge in [0.15, 0.2) is 5.17 Å². The number of hydrogen-bond acceptors (Lipinski definition) is 5. The molecule has 1 aliphatic heterocycles. The highest BCUT2D eigenvalue weighted by atomic mass is 32.2. The molecule has 0 aliphatic carbocycles. The lowest BCUT2D eigenvalue weighted by molar-refractivity contribution is -0.137. The summed E-state index contributed by atoms with van der Waals surface area (Å²) in [5.41, 5.74) is -0.956. The Labute approximate surface area is 171 Å². The molecule has 1 saturated heterocycles. The first kappa shape index (κ1) is 21.2. The lowest BCUT2D eigenvalue weighted by Crippen LogP contribution is -2.46. The summed E-state index contributed by atoms with van der Waals surface area (Å²) in [5, 5.41) is 0.339. The number of pyridine rings is 1. The van der Waals surface area contributed by atoms with Crippen LogP contribution < -0.4 is 4.74 Å². The molecule has 0 saturated carbocycles. The van der Waals surface area contributed by atoms with E-state index in [1.54, 1.807) is 19.1 Å². The summed E-state index contributed by atoms with van der Waals surface area (Å²) in [6.45, 7) is 5.90.